The highest BCUT2D eigenvalue weighted by atomic mass is 127. The first kappa shape index (κ1) is 10.7. The second-order valence-corrected chi connectivity index (χ2v) is 4.08. The highest BCUT2D eigenvalue weighted by Gasteiger charge is 1.97. The van der Waals surface area contributed by atoms with Crippen molar-refractivity contribution in [3.05, 3.63) is 0 Å². The molecule has 2 nitrogen and oxygen atoms in total. The van der Waals surface area contributed by atoms with Gasteiger partial charge in [0.15, 0.2) is 0 Å². The molecule has 0 N–H and O–H groups in total. The zero-order chi connectivity index (χ0) is 7.98. The molecule has 0 aliphatic heterocycles. The minimum Gasteiger partial charge on any atom is -0.308 e. The second-order valence-electron chi connectivity index (χ2n) is 2.71. The van der Waals surface area contributed by atoms with E-state index in [1.807, 2.05) is 0 Å². The highest BCUT2D eigenvalue weighted by molar-refractivity contribution is 14.1. The van der Waals surface area contributed by atoms with Gasteiger partial charge in [0, 0.05) is 42.5 Å². The van der Waals surface area contributed by atoms with Crippen molar-refractivity contribution < 1.29 is 0 Å². The molecular formula is C7H17IN2. The lowest BCUT2D eigenvalue weighted by molar-refractivity contribution is 0.363. The average molecular weight is 256 g/mol. The maximum Gasteiger partial charge on any atom is 0.0209 e. The number of nitrogens with zero attached hydrogens (tertiary/aromatic N) is 2. The van der Waals surface area contributed by atoms with E-state index in [4.69, 9.17) is 0 Å². The van der Waals surface area contributed by atoms with Gasteiger partial charge in [0.1, 0.15) is 0 Å². The summed E-state index contributed by atoms with van der Waals surface area (Å²) in [5, 5.41) is 0. The topological polar surface area (TPSA) is 6.48 Å². The summed E-state index contributed by atoms with van der Waals surface area (Å²) in [4.78, 5) is 2.21. The maximum absolute atomic E-state index is 2.38. The molecule has 0 saturated carbocycles. The fraction of sp³-hybridized carbons (Fsp3) is 1.00. The molecule has 62 valence electrons. The van der Waals surface area contributed by atoms with Crippen LogP contribution in [0.1, 0.15) is 13.3 Å². The molecule has 0 aliphatic rings. The van der Waals surface area contributed by atoms with E-state index in [1.54, 1.807) is 0 Å². The molecule has 0 fully saturated rings. The van der Waals surface area contributed by atoms with Crippen molar-refractivity contribution in [2.45, 2.75) is 13.3 Å². The molecule has 0 aromatic carbocycles. The third-order valence-electron chi connectivity index (χ3n) is 1.26. The van der Waals surface area contributed by atoms with Crippen molar-refractivity contribution in [3.63, 3.8) is 0 Å². The van der Waals surface area contributed by atoms with Gasteiger partial charge in [-0.15, -0.1) is 0 Å². The molecule has 0 aromatic rings. The van der Waals surface area contributed by atoms with Gasteiger partial charge in [-0.1, -0.05) is 6.92 Å². The number of halogens is 1. The zero-order valence-electron chi connectivity index (χ0n) is 7.10. The normalized spacial score (nSPS) is 11.4. The van der Waals surface area contributed by atoms with Gasteiger partial charge in [-0.25, -0.2) is 3.11 Å². The van der Waals surface area contributed by atoms with Gasteiger partial charge in [-0.3, -0.25) is 0 Å². The maximum atomic E-state index is 2.38. The van der Waals surface area contributed by atoms with Crippen molar-refractivity contribution in [2.75, 3.05) is 33.7 Å². The minimum atomic E-state index is 1.16. The molecule has 0 saturated heterocycles. The Kier molecular flexibility index (Phi) is 6.78. The van der Waals surface area contributed by atoms with Crippen LogP contribution in [0.15, 0.2) is 0 Å². The summed E-state index contributed by atoms with van der Waals surface area (Å²) in [7, 11) is 4.22. The Balaban J connectivity index is 3.12. The van der Waals surface area contributed by atoms with Crippen LogP contribution in [0, 0.1) is 0 Å². The lowest BCUT2D eigenvalue weighted by Crippen LogP contribution is -2.25. The molecular weight excluding hydrogens is 239 g/mol. The predicted octanol–water partition coefficient (Wildman–Crippen LogP) is 1.61. The standard InChI is InChI=1S/C7H17IN2/c1-4-5-10(8)7-6-9(2)3/h4-7H2,1-3H3. The minimum absolute atomic E-state index is 1.16. The van der Waals surface area contributed by atoms with E-state index in [0.717, 1.165) is 6.54 Å². The molecule has 3 heteroatoms. The van der Waals surface area contributed by atoms with Crippen LogP contribution in [-0.4, -0.2) is 41.7 Å². The summed E-state index contributed by atoms with van der Waals surface area (Å²) in [5.74, 6) is 0. The van der Waals surface area contributed by atoms with E-state index in [1.165, 1.54) is 19.5 Å². The molecule has 0 spiro atoms. The SMILES string of the molecule is CCCN(I)CCN(C)C. The van der Waals surface area contributed by atoms with Crippen LogP contribution in [0.4, 0.5) is 0 Å². The number of hydrogen-bond acceptors (Lipinski definition) is 2. The second kappa shape index (κ2) is 6.37. The van der Waals surface area contributed by atoms with Gasteiger partial charge >= 0.3 is 0 Å². The summed E-state index contributed by atoms with van der Waals surface area (Å²) >= 11 is 2.38. The molecule has 0 bridgehead atoms. The van der Waals surface area contributed by atoms with Gasteiger partial charge < -0.3 is 4.90 Å². The quantitative estimate of drug-likeness (QED) is 0.544. The van der Waals surface area contributed by atoms with Crippen molar-refractivity contribution in [3.8, 4) is 0 Å². The van der Waals surface area contributed by atoms with E-state index >= 15 is 0 Å². The lowest BCUT2D eigenvalue weighted by atomic mass is 10.4. The molecule has 0 aromatic heterocycles. The largest absolute Gasteiger partial charge is 0.308 e. The van der Waals surface area contributed by atoms with Crippen LogP contribution >= 0.6 is 22.9 Å². The lowest BCUT2D eigenvalue weighted by Gasteiger charge is -2.15. The molecule has 0 atom stereocenters. The van der Waals surface area contributed by atoms with Gasteiger partial charge in [-0.05, 0) is 20.5 Å². The smallest absolute Gasteiger partial charge is 0.0209 e. The van der Waals surface area contributed by atoms with Crippen LogP contribution < -0.4 is 0 Å². The van der Waals surface area contributed by atoms with E-state index < -0.39 is 0 Å². The third-order valence-corrected chi connectivity index (χ3v) is 2.22. The monoisotopic (exact) mass is 256 g/mol. The first-order valence-electron chi connectivity index (χ1n) is 3.72. The van der Waals surface area contributed by atoms with Crippen molar-refractivity contribution in [1.29, 1.82) is 0 Å². The predicted molar refractivity (Wildman–Crippen MR) is 54.4 cm³/mol. The average Bonchev–Trinajstić information content (AvgIpc) is 1.85. The van der Waals surface area contributed by atoms with Crippen LogP contribution in [0.3, 0.4) is 0 Å². The molecule has 0 aliphatic carbocycles. The summed E-state index contributed by atoms with van der Waals surface area (Å²) in [6.45, 7) is 5.74. The molecule has 0 heterocycles. The summed E-state index contributed by atoms with van der Waals surface area (Å²) < 4.78 is 2.33. The van der Waals surface area contributed by atoms with Crippen LogP contribution in [-0.2, 0) is 0 Å². The first-order chi connectivity index (χ1) is 4.66. The molecule has 0 amide bonds. The number of likely N-dealkylation sites (N-methyl/N-ethyl adjacent to an activating group) is 1. The Morgan fingerprint density at radius 2 is 1.70 bits per heavy atom. The Bertz CT molecular complexity index is 76.0. The van der Waals surface area contributed by atoms with E-state index in [9.17, 15) is 0 Å². The summed E-state index contributed by atoms with van der Waals surface area (Å²) in [5.41, 5.74) is 0. The molecule has 0 unspecified atom stereocenters. The molecule has 10 heavy (non-hydrogen) atoms. The Morgan fingerprint density at radius 1 is 1.10 bits per heavy atom. The summed E-state index contributed by atoms with van der Waals surface area (Å²) in [6, 6.07) is 0. The van der Waals surface area contributed by atoms with Crippen molar-refractivity contribution in [2.24, 2.45) is 0 Å². The van der Waals surface area contributed by atoms with Gasteiger partial charge in [0.05, 0.1) is 0 Å². The fourth-order valence-electron chi connectivity index (χ4n) is 0.663. The van der Waals surface area contributed by atoms with Gasteiger partial charge in [0.25, 0.3) is 0 Å². The van der Waals surface area contributed by atoms with Gasteiger partial charge in [-0.2, -0.15) is 0 Å². The first-order valence-corrected chi connectivity index (χ1v) is 4.68. The van der Waals surface area contributed by atoms with Gasteiger partial charge in [0.2, 0.25) is 0 Å². The zero-order valence-corrected chi connectivity index (χ0v) is 9.26. The fourth-order valence-corrected chi connectivity index (χ4v) is 1.36. The number of rotatable bonds is 5. The number of hydrogen-bond donors (Lipinski definition) is 0. The van der Waals surface area contributed by atoms with Crippen molar-refractivity contribution >= 4 is 22.9 Å². The Labute approximate surface area is 78.1 Å². The van der Waals surface area contributed by atoms with Crippen LogP contribution in [0.2, 0.25) is 0 Å². The van der Waals surface area contributed by atoms with Crippen LogP contribution in [0.5, 0.6) is 0 Å². The Morgan fingerprint density at radius 3 is 2.10 bits per heavy atom. The van der Waals surface area contributed by atoms with Crippen LogP contribution in [0.25, 0.3) is 0 Å². The highest BCUT2D eigenvalue weighted by Crippen LogP contribution is 1.98. The van der Waals surface area contributed by atoms with E-state index in [0.29, 0.717) is 0 Å². The third kappa shape index (κ3) is 6.77. The molecule has 0 rings (SSSR count). The summed E-state index contributed by atoms with van der Waals surface area (Å²) in [6.07, 6.45) is 1.25. The Hall–Kier alpha value is 0.650. The molecule has 0 radical (unpaired) electrons. The van der Waals surface area contributed by atoms with Crippen molar-refractivity contribution in [1.82, 2.24) is 8.01 Å². The van der Waals surface area contributed by atoms with E-state index in [2.05, 4.69) is 51.9 Å². The van der Waals surface area contributed by atoms with E-state index in [-0.39, 0.29) is 0 Å².